The Morgan fingerprint density at radius 3 is 2.36 bits per heavy atom. The molecule has 1 aliphatic rings. The van der Waals surface area contributed by atoms with Crippen molar-refractivity contribution in [3.8, 4) is 11.5 Å². The highest BCUT2D eigenvalue weighted by molar-refractivity contribution is 7.89. The third kappa shape index (κ3) is 4.64. The van der Waals surface area contributed by atoms with E-state index in [1.165, 1.54) is 18.3 Å². The Morgan fingerprint density at radius 2 is 1.79 bits per heavy atom. The molecule has 1 fully saturated rings. The van der Waals surface area contributed by atoms with E-state index in [0.29, 0.717) is 5.56 Å². The maximum absolute atomic E-state index is 14.3. The lowest BCUT2D eigenvalue weighted by Crippen LogP contribution is -2.50. The fourth-order valence-electron chi connectivity index (χ4n) is 2.93. The van der Waals surface area contributed by atoms with Gasteiger partial charge in [0.1, 0.15) is 17.3 Å². The van der Waals surface area contributed by atoms with E-state index in [1.54, 1.807) is 12.1 Å². The Bertz CT molecular complexity index is 980. The number of aromatic nitrogens is 1. The second kappa shape index (κ2) is 7.04. The minimum atomic E-state index is -4.07. The molecule has 1 aromatic carbocycles. The largest absolute Gasteiger partial charge is 0.457 e. The van der Waals surface area contributed by atoms with Crippen LogP contribution in [-0.4, -0.2) is 25.4 Å². The van der Waals surface area contributed by atoms with Crippen molar-refractivity contribution in [2.45, 2.75) is 56.0 Å². The quantitative estimate of drug-likeness (QED) is 0.788. The first-order valence-corrected chi connectivity index (χ1v) is 10.2. The second-order valence-corrected chi connectivity index (χ2v) is 9.57. The third-order valence-corrected chi connectivity index (χ3v) is 5.80. The van der Waals surface area contributed by atoms with Gasteiger partial charge in [-0.15, -0.1) is 0 Å². The molecule has 152 valence electrons. The van der Waals surface area contributed by atoms with Crippen LogP contribution in [0, 0.1) is 5.82 Å². The summed E-state index contributed by atoms with van der Waals surface area (Å²) in [5, 5.41) is -0.355. The zero-order chi connectivity index (χ0) is 20.7. The van der Waals surface area contributed by atoms with Crippen molar-refractivity contribution in [3.63, 3.8) is 0 Å². The Hall–Kier alpha value is -2.13. The van der Waals surface area contributed by atoms with Gasteiger partial charge in [0.2, 0.25) is 0 Å². The van der Waals surface area contributed by atoms with Crippen LogP contribution in [0.5, 0.6) is 11.5 Å². The normalized spacial score (nSPS) is 17.2. The number of benzene rings is 1. The highest BCUT2D eigenvalue weighted by Crippen LogP contribution is 2.38. The molecule has 0 unspecified atom stereocenters. The van der Waals surface area contributed by atoms with Gasteiger partial charge in [-0.2, -0.15) is 0 Å². The van der Waals surface area contributed by atoms with Crippen molar-refractivity contribution in [3.05, 3.63) is 47.9 Å². The monoisotopic (exact) mass is 414 g/mol. The second-order valence-electron chi connectivity index (χ2n) is 7.91. The number of alkyl halides is 2. The van der Waals surface area contributed by atoms with Gasteiger partial charge in [0.15, 0.2) is 5.03 Å². The number of ether oxygens (including phenoxy) is 1. The number of halogens is 3. The van der Waals surface area contributed by atoms with Gasteiger partial charge < -0.3 is 4.74 Å². The number of rotatable bonds is 5. The standard InChI is InChI=1S/C19H21F3N2O3S/c1-18(2,3)15-5-4-13(8-16(15)20)27-14-6-7-23-17(9-14)28(25,26)24-12-10-19(21,22)11-12/h4-9,12,24H,10-11H2,1-3H3. The summed E-state index contributed by atoms with van der Waals surface area (Å²) in [6.07, 6.45) is 0.142. The highest BCUT2D eigenvalue weighted by Gasteiger charge is 2.47. The first-order chi connectivity index (χ1) is 12.9. The van der Waals surface area contributed by atoms with Gasteiger partial charge in [-0.3, -0.25) is 0 Å². The SMILES string of the molecule is CC(C)(C)c1ccc(Oc2ccnc(S(=O)(=O)NC3CC(F)(F)C3)c2)cc1F. The van der Waals surface area contributed by atoms with Crippen molar-refractivity contribution in [1.82, 2.24) is 9.71 Å². The van der Waals surface area contributed by atoms with Crippen LogP contribution in [0.1, 0.15) is 39.2 Å². The smallest absolute Gasteiger partial charge is 0.258 e. The summed E-state index contributed by atoms with van der Waals surface area (Å²) in [5.74, 6) is -2.93. The van der Waals surface area contributed by atoms with E-state index in [2.05, 4.69) is 9.71 Å². The zero-order valence-electron chi connectivity index (χ0n) is 15.7. The number of nitrogens with one attached hydrogen (secondary N) is 1. The Morgan fingerprint density at radius 1 is 1.14 bits per heavy atom. The predicted octanol–water partition coefficient (Wildman–Crippen LogP) is 4.39. The van der Waals surface area contributed by atoms with Crippen LogP contribution in [0.25, 0.3) is 0 Å². The van der Waals surface area contributed by atoms with Crippen LogP contribution in [0.3, 0.4) is 0 Å². The van der Waals surface area contributed by atoms with E-state index in [0.717, 1.165) is 6.07 Å². The fourth-order valence-corrected chi connectivity index (χ4v) is 4.13. The molecule has 1 saturated carbocycles. The van der Waals surface area contributed by atoms with Crippen LogP contribution in [0.15, 0.2) is 41.6 Å². The number of hydrogen-bond donors (Lipinski definition) is 1. The minimum absolute atomic E-state index is 0.136. The summed E-state index contributed by atoms with van der Waals surface area (Å²) in [4.78, 5) is 3.77. The van der Waals surface area contributed by atoms with Gasteiger partial charge in [-0.05, 0) is 23.1 Å². The third-order valence-electron chi connectivity index (χ3n) is 4.38. The first-order valence-electron chi connectivity index (χ1n) is 8.70. The molecule has 0 aliphatic heterocycles. The van der Waals surface area contributed by atoms with Crippen LogP contribution in [0.2, 0.25) is 0 Å². The number of hydrogen-bond acceptors (Lipinski definition) is 4. The summed E-state index contributed by atoms with van der Waals surface area (Å²) in [5.41, 5.74) is 0.157. The van der Waals surface area contributed by atoms with Gasteiger partial charge >= 0.3 is 0 Å². The molecule has 0 radical (unpaired) electrons. The summed E-state index contributed by atoms with van der Waals surface area (Å²) in [6.45, 7) is 5.66. The Labute approximate surface area is 162 Å². The van der Waals surface area contributed by atoms with Crippen molar-refractivity contribution in [1.29, 1.82) is 0 Å². The number of nitrogens with zero attached hydrogens (tertiary/aromatic N) is 1. The van der Waals surface area contributed by atoms with E-state index in [9.17, 15) is 21.6 Å². The van der Waals surface area contributed by atoms with Crippen LogP contribution < -0.4 is 9.46 Å². The fraction of sp³-hybridized carbons (Fsp3) is 0.421. The molecule has 0 spiro atoms. The molecule has 3 rings (SSSR count). The summed E-state index contributed by atoms with van der Waals surface area (Å²) in [6, 6.07) is 6.19. The Balaban J connectivity index is 1.76. The summed E-state index contributed by atoms with van der Waals surface area (Å²) < 4.78 is 72.5. The molecule has 1 aromatic heterocycles. The molecule has 9 heteroatoms. The summed E-state index contributed by atoms with van der Waals surface area (Å²) in [7, 11) is -4.07. The van der Waals surface area contributed by atoms with Crippen molar-refractivity contribution in [2.24, 2.45) is 0 Å². The molecule has 28 heavy (non-hydrogen) atoms. The van der Waals surface area contributed by atoms with Gasteiger partial charge in [-0.1, -0.05) is 26.8 Å². The minimum Gasteiger partial charge on any atom is -0.457 e. The molecule has 0 amide bonds. The topological polar surface area (TPSA) is 68.3 Å². The molecular formula is C19H21F3N2O3S. The van der Waals surface area contributed by atoms with Crippen molar-refractivity contribution >= 4 is 10.0 Å². The van der Waals surface area contributed by atoms with Crippen LogP contribution >= 0.6 is 0 Å². The molecule has 0 saturated heterocycles. The number of pyridine rings is 1. The van der Waals surface area contributed by atoms with E-state index in [1.807, 2.05) is 20.8 Å². The van der Waals surface area contributed by atoms with Crippen molar-refractivity contribution in [2.75, 3.05) is 0 Å². The number of sulfonamides is 1. The maximum atomic E-state index is 14.3. The lowest BCUT2D eigenvalue weighted by Gasteiger charge is -2.34. The van der Waals surface area contributed by atoms with Crippen LogP contribution in [-0.2, 0) is 15.4 Å². The van der Waals surface area contributed by atoms with Gasteiger partial charge in [0.05, 0.1) is 0 Å². The Kier molecular flexibility index (Phi) is 5.18. The van der Waals surface area contributed by atoms with Crippen molar-refractivity contribution < 1.29 is 26.3 Å². The molecule has 1 aliphatic carbocycles. The van der Waals surface area contributed by atoms with E-state index in [4.69, 9.17) is 4.74 Å². The van der Waals surface area contributed by atoms with Gasteiger partial charge in [-0.25, -0.2) is 31.3 Å². The predicted molar refractivity (Wildman–Crippen MR) is 97.7 cm³/mol. The van der Waals surface area contributed by atoms with Gasteiger partial charge in [0, 0.05) is 37.2 Å². The molecule has 1 N–H and O–H groups in total. The van der Waals surface area contributed by atoms with E-state index in [-0.39, 0.29) is 21.9 Å². The van der Waals surface area contributed by atoms with E-state index >= 15 is 0 Å². The zero-order valence-corrected chi connectivity index (χ0v) is 16.5. The molecule has 2 aromatic rings. The molecule has 5 nitrogen and oxygen atoms in total. The lowest BCUT2D eigenvalue weighted by molar-refractivity contribution is -0.0876. The van der Waals surface area contributed by atoms with Crippen LogP contribution in [0.4, 0.5) is 13.2 Å². The average Bonchev–Trinajstić information content (AvgIpc) is 2.52. The average molecular weight is 414 g/mol. The first kappa shape index (κ1) is 20.6. The van der Waals surface area contributed by atoms with Gasteiger partial charge in [0.25, 0.3) is 15.9 Å². The van der Waals surface area contributed by atoms with E-state index < -0.39 is 40.6 Å². The summed E-state index contributed by atoms with van der Waals surface area (Å²) >= 11 is 0. The molecule has 0 bridgehead atoms. The lowest BCUT2D eigenvalue weighted by atomic mass is 9.87. The molecular weight excluding hydrogens is 393 g/mol. The highest BCUT2D eigenvalue weighted by atomic mass is 32.2. The maximum Gasteiger partial charge on any atom is 0.258 e. The molecule has 1 heterocycles. The molecule has 0 atom stereocenters.